The summed E-state index contributed by atoms with van der Waals surface area (Å²) >= 11 is 0. The van der Waals surface area contributed by atoms with E-state index >= 15 is 0 Å². The first kappa shape index (κ1) is 18.7. The van der Waals surface area contributed by atoms with Gasteiger partial charge in [0.05, 0.1) is 11.7 Å². The van der Waals surface area contributed by atoms with Crippen LogP contribution < -0.4 is 0 Å². The molecule has 0 heterocycles. The summed E-state index contributed by atoms with van der Waals surface area (Å²) in [5, 5.41) is 0. The van der Waals surface area contributed by atoms with Crippen LogP contribution in [0.4, 0.5) is 13.2 Å². The van der Waals surface area contributed by atoms with Crippen LogP contribution in [0.25, 0.3) is 0 Å². The third-order valence-electron chi connectivity index (χ3n) is 2.75. The highest BCUT2D eigenvalue weighted by molar-refractivity contribution is 4.68. The van der Waals surface area contributed by atoms with Gasteiger partial charge in [0, 0.05) is 19.6 Å². The van der Waals surface area contributed by atoms with Gasteiger partial charge >= 0.3 is 6.18 Å². The van der Waals surface area contributed by atoms with E-state index in [1.807, 2.05) is 27.7 Å². The predicted molar refractivity (Wildman–Crippen MR) is 70.3 cm³/mol. The maximum atomic E-state index is 11.9. The minimum Gasteiger partial charge on any atom is -0.379 e. The molecule has 0 fully saturated rings. The third kappa shape index (κ3) is 13.9. The van der Waals surface area contributed by atoms with E-state index in [0.717, 1.165) is 6.42 Å². The standard InChI is InChI=1S/C14H27F3O2/c1-12(2)18-11-9-13(3,4)19-10-7-5-6-8-14(15,16)17/h12H,5-11H2,1-4H3. The van der Waals surface area contributed by atoms with Gasteiger partial charge in [-0.15, -0.1) is 0 Å². The smallest absolute Gasteiger partial charge is 0.379 e. The number of halogens is 3. The Balaban J connectivity index is 3.53. The van der Waals surface area contributed by atoms with Crippen molar-refractivity contribution in [2.75, 3.05) is 13.2 Å². The van der Waals surface area contributed by atoms with Crippen molar-refractivity contribution >= 4 is 0 Å². The van der Waals surface area contributed by atoms with Gasteiger partial charge in [0.2, 0.25) is 0 Å². The minimum absolute atomic E-state index is 0.184. The highest BCUT2D eigenvalue weighted by atomic mass is 19.4. The highest BCUT2D eigenvalue weighted by Crippen LogP contribution is 2.23. The Hall–Kier alpha value is -0.290. The fourth-order valence-electron chi connectivity index (χ4n) is 1.57. The van der Waals surface area contributed by atoms with Crippen LogP contribution in [-0.2, 0) is 9.47 Å². The van der Waals surface area contributed by atoms with Crippen LogP contribution in [0.1, 0.15) is 59.8 Å². The van der Waals surface area contributed by atoms with Crippen LogP contribution in [0.15, 0.2) is 0 Å². The van der Waals surface area contributed by atoms with E-state index in [2.05, 4.69) is 0 Å². The zero-order valence-electron chi connectivity index (χ0n) is 12.5. The number of unbranched alkanes of at least 4 members (excludes halogenated alkanes) is 2. The molecule has 0 aliphatic rings. The number of hydrogen-bond acceptors (Lipinski definition) is 2. The van der Waals surface area contributed by atoms with Gasteiger partial charge in [0.1, 0.15) is 0 Å². The zero-order valence-corrected chi connectivity index (χ0v) is 12.5. The average molecular weight is 284 g/mol. The second-order valence-electron chi connectivity index (χ2n) is 5.70. The van der Waals surface area contributed by atoms with E-state index in [0.29, 0.717) is 26.1 Å². The normalized spacial score (nSPS) is 13.3. The topological polar surface area (TPSA) is 18.5 Å². The molecule has 0 spiro atoms. The van der Waals surface area contributed by atoms with Crippen LogP contribution in [0.5, 0.6) is 0 Å². The lowest BCUT2D eigenvalue weighted by molar-refractivity contribution is -0.136. The highest BCUT2D eigenvalue weighted by Gasteiger charge is 2.25. The molecule has 0 rings (SSSR count). The van der Waals surface area contributed by atoms with Gasteiger partial charge in [-0.25, -0.2) is 0 Å². The van der Waals surface area contributed by atoms with Crippen LogP contribution in [-0.4, -0.2) is 31.1 Å². The summed E-state index contributed by atoms with van der Waals surface area (Å²) in [6.45, 7) is 9.06. The lowest BCUT2D eigenvalue weighted by atomic mass is 10.1. The molecule has 0 aromatic rings. The fourth-order valence-corrected chi connectivity index (χ4v) is 1.57. The van der Waals surface area contributed by atoms with Crippen molar-refractivity contribution in [2.45, 2.75) is 77.7 Å². The van der Waals surface area contributed by atoms with Gasteiger partial charge in [-0.1, -0.05) is 6.42 Å². The van der Waals surface area contributed by atoms with Crippen molar-refractivity contribution in [3.8, 4) is 0 Å². The first-order chi connectivity index (χ1) is 8.62. The maximum Gasteiger partial charge on any atom is 0.389 e. The third-order valence-corrected chi connectivity index (χ3v) is 2.75. The van der Waals surface area contributed by atoms with Gasteiger partial charge in [0.25, 0.3) is 0 Å². The molecule has 0 aromatic carbocycles. The Morgan fingerprint density at radius 2 is 1.53 bits per heavy atom. The second kappa shape index (κ2) is 8.80. The first-order valence-electron chi connectivity index (χ1n) is 6.95. The summed E-state index contributed by atoms with van der Waals surface area (Å²) in [5.74, 6) is 0. The Labute approximate surface area is 114 Å². The van der Waals surface area contributed by atoms with Crippen LogP contribution in [0, 0.1) is 0 Å². The molecule has 0 aliphatic carbocycles. The quantitative estimate of drug-likeness (QED) is 0.540. The first-order valence-corrected chi connectivity index (χ1v) is 6.95. The van der Waals surface area contributed by atoms with E-state index in [4.69, 9.17) is 9.47 Å². The van der Waals surface area contributed by atoms with Gasteiger partial charge in [0.15, 0.2) is 0 Å². The van der Waals surface area contributed by atoms with Crippen molar-refractivity contribution in [1.82, 2.24) is 0 Å². The van der Waals surface area contributed by atoms with Gasteiger partial charge in [-0.2, -0.15) is 13.2 Å². The van der Waals surface area contributed by atoms with Crippen molar-refractivity contribution in [2.24, 2.45) is 0 Å². The maximum absolute atomic E-state index is 11.9. The molecular formula is C14H27F3O2. The molecule has 0 atom stereocenters. The molecular weight excluding hydrogens is 257 g/mol. The molecule has 5 heteroatoms. The Morgan fingerprint density at radius 1 is 0.895 bits per heavy atom. The van der Waals surface area contributed by atoms with Gasteiger partial charge < -0.3 is 9.47 Å². The fraction of sp³-hybridized carbons (Fsp3) is 1.00. The Bertz CT molecular complexity index is 225. The lowest BCUT2D eigenvalue weighted by Gasteiger charge is -2.25. The van der Waals surface area contributed by atoms with E-state index in [1.165, 1.54) is 0 Å². The van der Waals surface area contributed by atoms with E-state index in [-0.39, 0.29) is 18.1 Å². The van der Waals surface area contributed by atoms with Crippen LogP contribution >= 0.6 is 0 Å². The van der Waals surface area contributed by atoms with E-state index < -0.39 is 12.6 Å². The largest absolute Gasteiger partial charge is 0.389 e. The lowest BCUT2D eigenvalue weighted by Crippen LogP contribution is -2.27. The second-order valence-corrected chi connectivity index (χ2v) is 5.70. The summed E-state index contributed by atoms with van der Waals surface area (Å²) in [7, 11) is 0. The summed E-state index contributed by atoms with van der Waals surface area (Å²) in [6.07, 6.45) is -2.33. The molecule has 0 radical (unpaired) electrons. The summed E-state index contributed by atoms with van der Waals surface area (Å²) in [4.78, 5) is 0. The monoisotopic (exact) mass is 284 g/mol. The van der Waals surface area contributed by atoms with Crippen LogP contribution in [0.2, 0.25) is 0 Å². The summed E-state index contributed by atoms with van der Waals surface area (Å²) in [5.41, 5.74) is -0.279. The molecule has 0 aliphatic heterocycles. The molecule has 19 heavy (non-hydrogen) atoms. The SMILES string of the molecule is CC(C)OCCC(C)(C)OCCCCCC(F)(F)F. The number of ether oxygens (including phenoxy) is 2. The molecule has 0 aromatic heterocycles. The van der Waals surface area contributed by atoms with Crippen molar-refractivity contribution < 1.29 is 22.6 Å². The number of rotatable bonds is 10. The number of alkyl halides is 3. The van der Waals surface area contributed by atoms with Gasteiger partial charge in [-0.05, 0) is 47.0 Å². The molecule has 0 amide bonds. The molecule has 0 bridgehead atoms. The van der Waals surface area contributed by atoms with E-state index in [9.17, 15) is 13.2 Å². The minimum atomic E-state index is -4.03. The molecule has 0 saturated heterocycles. The summed E-state index contributed by atoms with van der Waals surface area (Å²) < 4.78 is 46.9. The predicted octanol–water partition coefficient (Wildman–Crippen LogP) is 4.72. The van der Waals surface area contributed by atoms with Crippen molar-refractivity contribution in [3.05, 3.63) is 0 Å². The Kier molecular flexibility index (Phi) is 8.66. The van der Waals surface area contributed by atoms with Crippen LogP contribution in [0.3, 0.4) is 0 Å². The number of hydrogen-bond donors (Lipinski definition) is 0. The molecule has 116 valence electrons. The molecule has 0 saturated carbocycles. The van der Waals surface area contributed by atoms with Crippen molar-refractivity contribution in [3.63, 3.8) is 0 Å². The van der Waals surface area contributed by atoms with Gasteiger partial charge in [-0.3, -0.25) is 0 Å². The zero-order chi connectivity index (χ0) is 14.9. The summed E-state index contributed by atoms with van der Waals surface area (Å²) in [6, 6.07) is 0. The molecule has 0 N–H and O–H groups in total. The molecule has 0 unspecified atom stereocenters. The average Bonchev–Trinajstić information content (AvgIpc) is 2.20. The van der Waals surface area contributed by atoms with Crippen molar-refractivity contribution in [1.29, 1.82) is 0 Å². The van der Waals surface area contributed by atoms with E-state index in [1.54, 1.807) is 0 Å². The molecule has 2 nitrogen and oxygen atoms in total. The Morgan fingerprint density at radius 3 is 2.05 bits per heavy atom.